The fraction of sp³-hybridized carbons (Fsp3) is 0.600. The molecule has 2 atom stereocenters. The Balaban J connectivity index is 1.87. The van der Waals surface area contributed by atoms with E-state index >= 15 is 0 Å². The Kier molecular flexibility index (Phi) is 3.72. The van der Waals surface area contributed by atoms with Crippen molar-refractivity contribution in [1.29, 1.82) is 0 Å². The van der Waals surface area contributed by atoms with E-state index in [9.17, 15) is 10.1 Å². The number of nitro benzene ring substituents is 1. The lowest BCUT2D eigenvalue weighted by atomic mass is 9.84. The van der Waals surface area contributed by atoms with Gasteiger partial charge >= 0.3 is 0 Å². The number of hydrogen-bond donors (Lipinski definition) is 1. The molecule has 1 aliphatic carbocycles. The number of nitro groups is 1. The average molecular weight is 275 g/mol. The van der Waals surface area contributed by atoms with Gasteiger partial charge in [-0.05, 0) is 50.3 Å². The van der Waals surface area contributed by atoms with Gasteiger partial charge in [0.05, 0.1) is 4.92 Å². The average Bonchev–Trinajstić information content (AvgIpc) is 3.31. The van der Waals surface area contributed by atoms with Crippen molar-refractivity contribution >= 4 is 5.69 Å². The Labute approximate surface area is 118 Å². The highest BCUT2D eigenvalue weighted by atomic mass is 16.6. The topological polar surface area (TPSA) is 72.4 Å². The third-order valence-electron chi connectivity index (χ3n) is 4.56. The fourth-order valence-electron chi connectivity index (χ4n) is 3.42. The summed E-state index contributed by atoms with van der Waals surface area (Å²) in [7, 11) is 0. The number of piperidine rings is 1. The molecule has 1 saturated carbocycles. The number of hydrogen-bond acceptors (Lipinski definition) is 4. The molecule has 5 nitrogen and oxygen atoms in total. The molecule has 0 radical (unpaired) electrons. The predicted molar refractivity (Wildman–Crippen MR) is 77.3 cm³/mol. The van der Waals surface area contributed by atoms with Crippen LogP contribution < -0.4 is 5.73 Å². The maximum atomic E-state index is 10.8. The second-order valence-electron chi connectivity index (χ2n) is 5.90. The molecule has 1 aliphatic heterocycles. The first-order valence-corrected chi connectivity index (χ1v) is 7.41. The predicted octanol–water partition coefficient (Wildman–Crippen LogP) is 2.47. The van der Waals surface area contributed by atoms with Gasteiger partial charge in [0.15, 0.2) is 0 Å². The van der Waals surface area contributed by atoms with Gasteiger partial charge in [0.1, 0.15) is 0 Å². The molecule has 0 bridgehead atoms. The van der Waals surface area contributed by atoms with E-state index in [2.05, 4.69) is 4.90 Å². The zero-order valence-corrected chi connectivity index (χ0v) is 11.6. The van der Waals surface area contributed by atoms with Crippen LogP contribution in [0.3, 0.4) is 0 Å². The Morgan fingerprint density at radius 1 is 1.25 bits per heavy atom. The van der Waals surface area contributed by atoms with E-state index in [1.807, 2.05) is 12.1 Å². The number of benzene rings is 1. The van der Waals surface area contributed by atoms with Crippen LogP contribution in [0.2, 0.25) is 0 Å². The van der Waals surface area contributed by atoms with E-state index in [1.165, 1.54) is 24.8 Å². The lowest BCUT2D eigenvalue weighted by molar-refractivity contribution is -0.384. The molecule has 0 amide bonds. The smallest absolute Gasteiger partial charge is 0.269 e. The molecule has 2 aliphatic rings. The number of non-ortho nitro benzene ring substituents is 1. The summed E-state index contributed by atoms with van der Waals surface area (Å²) in [4.78, 5) is 13.0. The van der Waals surface area contributed by atoms with Crippen LogP contribution in [0.5, 0.6) is 0 Å². The molecular weight excluding hydrogens is 254 g/mol. The van der Waals surface area contributed by atoms with Crippen LogP contribution in [0.15, 0.2) is 24.3 Å². The van der Waals surface area contributed by atoms with Gasteiger partial charge in [-0.15, -0.1) is 0 Å². The summed E-state index contributed by atoms with van der Waals surface area (Å²) in [6.07, 6.45) is 4.92. The molecule has 1 aromatic carbocycles. The van der Waals surface area contributed by atoms with E-state index in [-0.39, 0.29) is 10.6 Å². The van der Waals surface area contributed by atoms with Crippen LogP contribution in [-0.4, -0.2) is 29.0 Å². The highest BCUT2D eigenvalue weighted by molar-refractivity contribution is 5.35. The van der Waals surface area contributed by atoms with Crippen molar-refractivity contribution in [3.8, 4) is 0 Å². The Morgan fingerprint density at radius 3 is 2.50 bits per heavy atom. The molecule has 2 unspecified atom stereocenters. The van der Waals surface area contributed by atoms with E-state index < -0.39 is 0 Å². The van der Waals surface area contributed by atoms with Crippen LogP contribution in [0.25, 0.3) is 0 Å². The Morgan fingerprint density at radius 2 is 1.95 bits per heavy atom. The van der Waals surface area contributed by atoms with Crippen LogP contribution in [0.1, 0.15) is 37.3 Å². The van der Waals surface area contributed by atoms with Crippen molar-refractivity contribution in [2.45, 2.75) is 37.8 Å². The molecule has 1 aromatic rings. The van der Waals surface area contributed by atoms with E-state index in [0.29, 0.717) is 24.5 Å². The largest absolute Gasteiger partial charge is 0.330 e. The molecule has 0 aromatic heterocycles. The minimum atomic E-state index is -0.344. The molecule has 20 heavy (non-hydrogen) atoms. The number of rotatable bonds is 4. The summed E-state index contributed by atoms with van der Waals surface area (Å²) in [6, 6.07) is 8.08. The van der Waals surface area contributed by atoms with Gasteiger partial charge < -0.3 is 5.73 Å². The third kappa shape index (κ3) is 2.55. The minimum Gasteiger partial charge on any atom is -0.330 e. The highest BCUT2D eigenvalue weighted by Gasteiger charge is 2.39. The standard InChI is InChI=1S/C15H21N3O2/c16-10-12-2-1-9-17(13-7-8-13)15(12)11-3-5-14(6-4-11)18(19)20/h3-6,12-13,15H,1-2,7-10,16H2. The van der Waals surface area contributed by atoms with Crippen LogP contribution in [-0.2, 0) is 0 Å². The summed E-state index contributed by atoms with van der Waals surface area (Å²) in [5, 5.41) is 10.8. The van der Waals surface area contributed by atoms with Crippen molar-refractivity contribution in [2.75, 3.05) is 13.1 Å². The van der Waals surface area contributed by atoms with Crippen molar-refractivity contribution < 1.29 is 4.92 Å². The van der Waals surface area contributed by atoms with Gasteiger partial charge in [-0.1, -0.05) is 12.1 Å². The molecule has 108 valence electrons. The summed E-state index contributed by atoms with van der Waals surface area (Å²) in [6.45, 7) is 1.81. The lowest BCUT2D eigenvalue weighted by Gasteiger charge is -2.41. The SMILES string of the molecule is NCC1CCCN(C2CC2)C1c1ccc([N+](=O)[O-])cc1. The zero-order valence-electron chi connectivity index (χ0n) is 11.6. The number of nitrogens with zero attached hydrogens (tertiary/aromatic N) is 2. The normalized spacial score (nSPS) is 27.4. The van der Waals surface area contributed by atoms with Gasteiger partial charge in [0, 0.05) is 24.2 Å². The summed E-state index contributed by atoms with van der Waals surface area (Å²) in [5.41, 5.74) is 7.29. The summed E-state index contributed by atoms with van der Waals surface area (Å²) < 4.78 is 0. The van der Waals surface area contributed by atoms with Gasteiger partial charge in [-0.3, -0.25) is 15.0 Å². The second kappa shape index (κ2) is 5.50. The molecule has 1 heterocycles. The molecule has 2 N–H and O–H groups in total. The van der Waals surface area contributed by atoms with E-state index in [4.69, 9.17) is 5.73 Å². The number of likely N-dealkylation sites (tertiary alicyclic amines) is 1. The molecule has 5 heteroatoms. The number of nitrogens with two attached hydrogens (primary N) is 1. The molecular formula is C15H21N3O2. The van der Waals surface area contributed by atoms with Crippen LogP contribution in [0.4, 0.5) is 5.69 Å². The maximum Gasteiger partial charge on any atom is 0.269 e. The molecule has 2 fully saturated rings. The third-order valence-corrected chi connectivity index (χ3v) is 4.56. The van der Waals surface area contributed by atoms with Gasteiger partial charge in [-0.25, -0.2) is 0 Å². The maximum absolute atomic E-state index is 10.8. The summed E-state index contributed by atoms with van der Waals surface area (Å²) in [5.74, 6) is 0.464. The van der Waals surface area contributed by atoms with Gasteiger partial charge in [0.2, 0.25) is 0 Å². The molecule has 1 saturated heterocycles. The highest BCUT2D eigenvalue weighted by Crippen LogP contribution is 2.42. The zero-order chi connectivity index (χ0) is 14.1. The van der Waals surface area contributed by atoms with Crippen molar-refractivity contribution in [3.05, 3.63) is 39.9 Å². The molecule has 3 rings (SSSR count). The molecule has 0 spiro atoms. The van der Waals surface area contributed by atoms with Crippen LogP contribution in [0, 0.1) is 16.0 Å². The second-order valence-corrected chi connectivity index (χ2v) is 5.90. The Hall–Kier alpha value is -1.46. The first-order valence-electron chi connectivity index (χ1n) is 7.41. The quantitative estimate of drug-likeness (QED) is 0.676. The van der Waals surface area contributed by atoms with Crippen molar-refractivity contribution in [3.63, 3.8) is 0 Å². The van der Waals surface area contributed by atoms with Gasteiger partial charge in [0.25, 0.3) is 5.69 Å². The first kappa shape index (κ1) is 13.5. The first-order chi connectivity index (χ1) is 9.70. The van der Waals surface area contributed by atoms with Crippen LogP contribution >= 0.6 is 0 Å². The van der Waals surface area contributed by atoms with Crippen molar-refractivity contribution in [1.82, 2.24) is 4.90 Å². The monoisotopic (exact) mass is 275 g/mol. The van der Waals surface area contributed by atoms with E-state index in [1.54, 1.807) is 12.1 Å². The summed E-state index contributed by atoms with van der Waals surface area (Å²) >= 11 is 0. The minimum absolute atomic E-state index is 0.159. The van der Waals surface area contributed by atoms with E-state index in [0.717, 1.165) is 13.0 Å². The Bertz CT molecular complexity index is 484. The fourth-order valence-corrected chi connectivity index (χ4v) is 3.42. The lowest BCUT2D eigenvalue weighted by Crippen LogP contribution is -2.42. The van der Waals surface area contributed by atoms with Gasteiger partial charge in [-0.2, -0.15) is 0 Å². The van der Waals surface area contributed by atoms with Crippen molar-refractivity contribution in [2.24, 2.45) is 11.7 Å².